The Morgan fingerprint density at radius 3 is 2.55 bits per heavy atom. The summed E-state index contributed by atoms with van der Waals surface area (Å²) in [6.45, 7) is 1.51. The summed E-state index contributed by atoms with van der Waals surface area (Å²) < 4.78 is 10.4. The summed E-state index contributed by atoms with van der Waals surface area (Å²) in [5.74, 6) is -0.592. The van der Waals surface area contributed by atoms with Crippen LogP contribution in [0.2, 0.25) is 0 Å². The summed E-state index contributed by atoms with van der Waals surface area (Å²) in [5, 5.41) is 5.66. The standard InChI is InChI=1S/C22H22N2O5/c1-15(25)17-8-9-20(28-2)18(12-17)13-22(27)29-14-21(26)24-11-10-19(23-24)16-6-4-3-5-7-16/h3-9,12H,10-11,13-14H2,1-2H3. The zero-order chi connectivity index (χ0) is 20.8. The van der Waals surface area contributed by atoms with Gasteiger partial charge in [0.1, 0.15) is 5.75 Å². The minimum absolute atomic E-state index is 0.101. The fourth-order valence-electron chi connectivity index (χ4n) is 3.03. The number of Topliss-reactive ketones (excluding diaryl/α,β-unsaturated/α-hetero) is 1. The van der Waals surface area contributed by atoms with Gasteiger partial charge in [-0.3, -0.25) is 14.4 Å². The van der Waals surface area contributed by atoms with Gasteiger partial charge in [-0.1, -0.05) is 30.3 Å². The number of amides is 1. The summed E-state index contributed by atoms with van der Waals surface area (Å²) in [6.07, 6.45) is 0.550. The maximum atomic E-state index is 12.3. The molecule has 2 aromatic rings. The number of ether oxygens (including phenoxy) is 2. The van der Waals surface area contributed by atoms with E-state index in [-0.39, 0.29) is 24.7 Å². The van der Waals surface area contributed by atoms with Gasteiger partial charge in [0.2, 0.25) is 0 Å². The van der Waals surface area contributed by atoms with Crippen molar-refractivity contribution in [1.29, 1.82) is 0 Å². The van der Waals surface area contributed by atoms with E-state index < -0.39 is 5.97 Å². The van der Waals surface area contributed by atoms with Crippen molar-refractivity contribution in [2.75, 3.05) is 20.3 Å². The molecule has 0 fully saturated rings. The highest BCUT2D eigenvalue weighted by atomic mass is 16.5. The van der Waals surface area contributed by atoms with E-state index in [0.29, 0.717) is 29.8 Å². The lowest BCUT2D eigenvalue weighted by Gasteiger charge is -2.12. The van der Waals surface area contributed by atoms with Crippen LogP contribution in [0, 0.1) is 0 Å². The average Bonchev–Trinajstić information content (AvgIpc) is 3.23. The van der Waals surface area contributed by atoms with Crippen molar-refractivity contribution in [2.45, 2.75) is 19.8 Å². The monoisotopic (exact) mass is 394 g/mol. The molecule has 1 aliphatic rings. The van der Waals surface area contributed by atoms with E-state index in [9.17, 15) is 14.4 Å². The molecule has 0 saturated heterocycles. The van der Waals surface area contributed by atoms with Crippen molar-refractivity contribution in [3.63, 3.8) is 0 Å². The van der Waals surface area contributed by atoms with E-state index in [0.717, 1.165) is 11.3 Å². The molecule has 7 nitrogen and oxygen atoms in total. The minimum Gasteiger partial charge on any atom is -0.496 e. The maximum absolute atomic E-state index is 12.3. The second kappa shape index (κ2) is 9.14. The number of hydrogen-bond acceptors (Lipinski definition) is 6. The molecule has 150 valence electrons. The Morgan fingerprint density at radius 1 is 1.10 bits per heavy atom. The number of rotatable bonds is 7. The molecule has 0 aliphatic carbocycles. The quantitative estimate of drug-likeness (QED) is 0.532. The summed E-state index contributed by atoms with van der Waals surface area (Å²) in [6, 6.07) is 14.5. The van der Waals surface area contributed by atoms with E-state index in [1.165, 1.54) is 19.0 Å². The summed E-state index contributed by atoms with van der Waals surface area (Å²) in [4.78, 5) is 36.1. The fraction of sp³-hybridized carbons (Fsp3) is 0.273. The molecule has 2 aromatic carbocycles. The van der Waals surface area contributed by atoms with Crippen molar-refractivity contribution in [1.82, 2.24) is 5.01 Å². The highest BCUT2D eigenvalue weighted by Crippen LogP contribution is 2.21. The average molecular weight is 394 g/mol. The largest absolute Gasteiger partial charge is 0.496 e. The van der Waals surface area contributed by atoms with E-state index in [1.54, 1.807) is 18.2 Å². The van der Waals surface area contributed by atoms with Crippen molar-refractivity contribution in [2.24, 2.45) is 5.10 Å². The van der Waals surface area contributed by atoms with Crippen LogP contribution in [-0.4, -0.2) is 48.6 Å². The van der Waals surface area contributed by atoms with Crippen LogP contribution in [0.3, 0.4) is 0 Å². The second-order valence-corrected chi connectivity index (χ2v) is 6.60. The molecule has 0 radical (unpaired) electrons. The summed E-state index contributed by atoms with van der Waals surface area (Å²) >= 11 is 0. The lowest BCUT2D eigenvalue weighted by molar-refractivity contribution is -0.151. The van der Waals surface area contributed by atoms with Crippen LogP contribution in [0.15, 0.2) is 53.6 Å². The number of carbonyl (C=O) groups is 3. The molecule has 1 aliphatic heterocycles. The number of ketones is 1. The number of nitrogens with zero attached hydrogens (tertiary/aromatic N) is 2. The first-order valence-corrected chi connectivity index (χ1v) is 9.24. The zero-order valence-corrected chi connectivity index (χ0v) is 16.4. The van der Waals surface area contributed by atoms with Gasteiger partial charge >= 0.3 is 5.97 Å². The Kier molecular flexibility index (Phi) is 6.39. The third-order valence-corrected chi connectivity index (χ3v) is 4.58. The molecule has 3 rings (SSSR count). The smallest absolute Gasteiger partial charge is 0.310 e. The maximum Gasteiger partial charge on any atom is 0.310 e. The van der Waals surface area contributed by atoms with Crippen LogP contribution in [0.4, 0.5) is 0 Å². The first kappa shape index (κ1) is 20.3. The van der Waals surface area contributed by atoms with Crippen LogP contribution >= 0.6 is 0 Å². The van der Waals surface area contributed by atoms with Gasteiger partial charge < -0.3 is 9.47 Å². The molecule has 1 heterocycles. The van der Waals surface area contributed by atoms with Crippen molar-refractivity contribution in [3.8, 4) is 5.75 Å². The van der Waals surface area contributed by atoms with E-state index in [2.05, 4.69) is 5.10 Å². The highest BCUT2D eigenvalue weighted by molar-refractivity contribution is 6.02. The molecule has 0 atom stereocenters. The number of methoxy groups -OCH3 is 1. The van der Waals surface area contributed by atoms with Crippen LogP contribution in [0.5, 0.6) is 5.75 Å². The van der Waals surface area contributed by atoms with E-state index >= 15 is 0 Å². The number of hydrazone groups is 1. The highest BCUT2D eigenvalue weighted by Gasteiger charge is 2.23. The molecule has 0 bridgehead atoms. The first-order valence-electron chi connectivity index (χ1n) is 9.24. The van der Waals surface area contributed by atoms with Gasteiger partial charge in [0.25, 0.3) is 5.91 Å². The predicted octanol–water partition coefficient (Wildman–Crippen LogP) is 2.62. The van der Waals surface area contributed by atoms with Gasteiger partial charge in [-0.05, 0) is 30.7 Å². The summed E-state index contributed by atoms with van der Waals surface area (Å²) in [5.41, 5.74) is 2.81. The Morgan fingerprint density at radius 2 is 1.86 bits per heavy atom. The molecule has 0 unspecified atom stereocenters. The normalized spacial score (nSPS) is 13.0. The Balaban J connectivity index is 1.57. The molecular weight excluding hydrogens is 372 g/mol. The second-order valence-electron chi connectivity index (χ2n) is 6.60. The van der Waals surface area contributed by atoms with Crippen LogP contribution in [0.1, 0.15) is 34.8 Å². The van der Waals surface area contributed by atoms with Gasteiger partial charge in [0, 0.05) is 17.5 Å². The number of benzene rings is 2. The van der Waals surface area contributed by atoms with Crippen LogP contribution in [-0.2, 0) is 20.7 Å². The third-order valence-electron chi connectivity index (χ3n) is 4.58. The fourth-order valence-corrected chi connectivity index (χ4v) is 3.03. The van der Waals surface area contributed by atoms with E-state index in [1.807, 2.05) is 30.3 Å². The number of esters is 1. The number of carbonyl (C=O) groups excluding carboxylic acids is 3. The van der Waals surface area contributed by atoms with Gasteiger partial charge in [-0.15, -0.1) is 0 Å². The minimum atomic E-state index is -0.580. The molecule has 0 N–H and O–H groups in total. The summed E-state index contributed by atoms with van der Waals surface area (Å²) in [7, 11) is 1.48. The Labute approximate surface area is 168 Å². The van der Waals surface area contributed by atoms with E-state index in [4.69, 9.17) is 9.47 Å². The molecule has 0 saturated carbocycles. The lowest BCUT2D eigenvalue weighted by atomic mass is 10.0. The van der Waals surface area contributed by atoms with Crippen LogP contribution < -0.4 is 4.74 Å². The van der Waals surface area contributed by atoms with Crippen molar-refractivity contribution < 1.29 is 23.9 Å². The SMILES string of the molecule is COc1ccc(C(C)=O)cc1CC(=O)OCC(=O)N1CCC(c2ccccc2)=N1. The zero-order valence-electron chi connectivity index (χ0n) is 16.4. The topological polar surface area (TPSA) is 85.3 Å². The Bertz CT molecular complexity index is 953. The molecule has 7 heteroatoms. The number of hydrogen-bond donors (Lipinski definition) is 0. The Hall–Kier alpha value is -3.48. The predicted molar refractivity (Wildman–Crippen MR) is 107 cm³/mol. The van der Waals surface area contributed by atoms with Crippen molar-refractivity contribution >= 4 is 23.4 Å². The third kappa shape index (κ3) is 5.07. The lowest BCUT2D eigenvalue weighted by Crippen LogP contribution is -2.29. The van der Waals surface area contributed by atoms with Gasteiger partial charge in [-0.25, -0.2) is 5.01 Å². The van der Waals surface area contributed by atoms with Gasteiger partial charge in [0.15, 0.2) is 12.4 Å². The van der Waals surface area contributed by atoms with Gasteiger partial charge in [-0.2, -0.15) is 5.10 Å². The molecule has 0 spiro atoms. The molecule has 0 aromatic heterocycles. The first-order chi connectivity index (χ1) is 14.0. The van der Waals surface area contributed by atoms with Crippen LogP contribution in [0.25, 0.3) is 0 Å². The molecule has 1 amide bonds. The molecule has 29 heavy (non-hydrogen) atoms. The molecular formula is C22H22N2O5. The van der Waals surface area contributed by atoms with Gasteiger partial charge in [0.05, 0.1) is 25.8 Å². The van der Waals surface area contributed by atoms with Crippen molar-refractivity contribution in [3.05, 3.63) is 65.2 Å².